The number of carboxylic acids is 1. The molecule has 218 valence electrons. The number of hydrogen-bond donors (Lipinski definition) is 3. The van der Waals surface area contributed by atoms with Crippen molar-refractivity contribution in [3.8, 4) is 0 Å². The van der Waals surface area contributed by atoms with Crippen molar-refractivity contribution < 1.29 is 38.2 Å². The number of benzene rings is 2. The van der Waals surface area contributed by atoms with Gasteiger partial charge < -0.3 is 25.0 Å². The van der Waals surface area contributed by atoms with Crippen LogP contribution < -0.4 is 5.32 Å². The molecule has 0 aromatic heterocycles. The van der Waals surface area contributed by atoms with E-state index in [4.69, 9.17) is 9.26 Å². The van der Waals surface area contributed by atoms with Gasteiger partial charge >= 0.3 is 19.7 Å². The van der Waals surface area contributed by atoms with Crippen molar-refractivity contribution in [1.29, 1.82) is 0 Å². The van der Waals surface area contributed by atoms with Crippen LogP contribution in [0.2, 0.25) is 0 Å². The monoisotopic (exact) mass is 574 g/mol. The Labute approximate surface area is 235 Å². The highest BCUT2D eigenvalue weighted by atomic mass is 31.2. The van der Waals surface area contributed by atoms with Crippen LogP contribution in [-0.4, -0.2) is 64.3 Å². The fourth-order valence-electron chi connectivity index (χ4n) is 4.65. The fourth-order valence-corrected chi connectivity index (χ4v) is 5.97. The first-order valence-corrected chi connectivity index (χ1v) is 15.5. The molecule has 3 rings (SSSR count). The molecule has 0 saturated carbocycles. The van der Waals surface area contributed by atoms with E-state index in [1.54, 1.807) is 0 Å². The molecular weight excluding hydrogens is 535 g/mol. The molecule has 2 aromatic rings. The van der Waals surface area contributed by atoms with E-state index >= 15 is 0 Å². The van der Waals surface area contributed by atoms with Gasteiger partial charge in [-0.25, -0.2) is 9.59 Å². The van der Waals surface area contributed by atoms with E-state index in [1.165, 1.54) is 4.90 Å². The maximum absolute atomic E-state index is 13.3. The zero-order valence-electron chi connectivity index (χ0n) is 22.7. The van der Waals surface area contributed by atoms with Crippen LogP contribution in [0.5, 0.6) is 0 Å². The van der Waals surface area contributed by atoms with E-state index in [0.717, 1.165) is 17.5 Å². The summed E-state index contributed by atoms with van der Waals surface area (Å²) in [4.78, 5) is 48.6. The average Bonchev–Trinajstić information content (AvgIpc) is 3.45. The van der Waals surface area contributed by atoms with Gasteiger partial charge in [-0.05, 0) is 62.5 Å². The van der Waals surface area contributed by atoms with Gasteiger partial charge in [-0.2, -0.15) is 0 Å². The number of nitrogens with one attached hydrogen (secondary N) is 1. The number of rotatable bonds is 16. The number of ether oxygens (including phenoxy) is 1. The predicted octanol–water partition coefficient (Wildman–Crippen LogP) is 4.75. The minimum atomic E-state index is -4.10. The second-order valence-corrected chi connectivity index (χ2v) is 11.8. The summed E-state index contributed by atoms with van der Waals surface area (Å²) in [6.07, 6.45) is 1.88. The third-order valence-electron chi connectivity index (χ3n) is 6.76. The van der Waals surface area contributed by atoms with Crippen molar-refractivity contribution in [3.63, 3.8) is 0 Å². The Morgan fingerprint density at radius 1 is 0.975 bits per heavy atom. The lowest BCUT2D eigenvalue weighted by molar-refractivity contribution is -0.151. The predicted molar refractivity (Wildman–Crippen MR) is 150 cm³/mol. The van der Waals surface area contributed by atoms with Crippen LogP contribution in [0.4, 0.5) is 4.79 Å². The number of carbonyl (C=O) groups excluding carboxylic acids is 2. The van der Waals surface area contributed by atoms with E-state index in [1.807, 2.05) is 60.7 Å². The lowest BCUT2D eigenvalue weighted by Gasteiger charge is -2.28. The molecule has 0 spiro atoms. The lowest BCUT2D eigenvalue weighted by Crippen LogP contribution is -2.46. The highest BCUT2D eigenvalue weighted by molar-refractivity contribution is 7.52. The van der Waals surface area contributed by atoms with Gasteiger partial charge in [-0.3, -0.25) is 13.9 Å². The highest BCUT2D eigenvalue weighted by Crippen LogP contribution is 2.45. The second kappa shape index (κ2) is 16.2. The van der Waals surface area contributed by atoms with Crippen molar-refractivity contribution in [3.05, 3.63) is 71.8 Å². The van der Waals surface area contributed by atoms with Gasteiger partial charge in [0.1, 0.15) is 18.8 Å². The normalized spacial score (nSPS) is 17.1. The van der Waals surface area contributed by atoms with E-state index in [2.05, 4.69) is 5.32 Å². The maximum Gasteiger partial charge on any atom is 0.407 e. The van der Waals surface area contributed by atoms with Crippen LogP contribution in [0.25, 0.3) is 0 Å². The molecule has 0 aliphatic carbocycles. The number of nitrogens with zero attached hydrogens (tertiary/aromatic N) is 1. The topological polar surface area (TPSA) is 142 Å². The van der Waals surface area contributed by atoms with Crippen molar-refractivity contribution in [2.45, 2.75) is 70.1 Å². The molecule has 3 atom stereocenters. The summed E-state index contributed by atoms with van der Waals surface area (Å²) >= 11 is 0. The zero-order valence-corrected chi connectivity index (χ0v) is 23.5. The van der Waals surface area contributed by atoms with E-state index in [0.29, 0.717) is 38.5 Å². The molecule has 3 N–H and O–H groups in total. The number of unbranched alkanes of at least 4 members (excludes halogenated alkanes) is 2. The number of carbonyl (C=O) groups is 3. The first kappa shape index (κ1) is 31.3. The SMILES string of the molecule is O=C(NCCCC[C@H](OP(=O)(O)CCCCc1ccccc1)C(=O)N1CCC[C@H]1C(=O)O)OCc1ccccc1. The van der Waals surface area contributed by atoms with E-state index in [9.17, 15) is 28.9 Å². The van der Waals surface area contributed by atoms with Crippen molar-refractivity contribution >= 4 is 25.6 Å². The molecule has 0 radical (unpaired) electrons. The van der Waals surface area contributed by atoms with E-state index in [-0.39, 0.29) is 32.3 Å². The molecule has 40 heavy (non-hydrogen) atoms. The Morgan fingerprint density at radius 2 is 1.65 bits per heavy atom. The minimum Gasteiger partial charge on any atom is -0.480 e. The van der Waals surface area contributed by atoms with Gasteiger partial charge in [-0.1, -0.05) is 60.7 Å². The number of aryl methyl sites for hydroxylation is 1. The third kappa shape index (κ3) is 10.8. The number of amides is 2. The van der Waals surface area contributed by atoms with Gasteiger partial charge in [0.15, 0.2) is 0 Å². The standard InChI is InChI=1S/C29H39N2O8P/c32-27(31-20-11-17-25(31)28(33)34)26(39-40(36,37)21-10-8-14-23-12-3-1-4-13-23)18-7-9-19-30-29(35)38-22-24-15-5-2-6-16-24/h1-6,12-13,15-16,25-26H,7-11,14,17-22H2,(H,30,35)(H,33,34)(H,36,37)/t25-,26-/m0/s1. The summed E-state index contributed by atoms with van der Waals surface area (Å²) < 4.78 is 23.6. The number of carboxylic acid groups (broad SMARTS) is 1. The zero-order chi connectivity index (χ0) is 28.8. The Kier molecular flexibility index (Phi) is 12.7. The van der Waals surface area contributed by atoms with Crippen LogP contribution in [-0.2, 0) is 36.4 Å². The van der Waals surface area contributed by atoms with Gasteiger partial charge in [0, 0.05) is 13.1 Å². The number of likely N-dealkylation sites (tertiary alicyclic amines) is 1. The molecule has 0 bridgehead atoms. The molecule has 1 fully saturated rings. The van der Waals surface area contributed by atoms with Crippen molar-refractivity contribution in [2.24, 2.45) is 0 Å². The smallest absolute Gasteiger partial charge is 0.407 e. The Bertz CT molecular complexity index is 1130. The molecule has 1 unspecified atom stereocenters. The summed E-state index contributed by atoms with van der Waals surface area (Å²) in [5.74, 6) is -1.69. The second-order valence-electron chi connectivity index (χ2n) is 9.91. The largest absolute Gasteiger partial charge is 0.480 e. The van der Waals surface area contributed by atoms with Gasteiger partial charge in [0.2, 0.25) is 0 Å². The minimum absolute atomic E-state index is 0.0964. The summed E-state index contributed by atoms with van der Waals surface area (Å²) in [5.41, 5.74) is 2.00. The van der Waals surface area contributed by atoms with Gasteiger partial charge in [-0.15, -0.1) is 0 Å². The Morgan fingerprint density at radius 3 is 2.33 bits per heavy atom. The molecule has 2 amide bonds. The van der Waals surface area contributed by atoms with Crippen LogP contribution >= 0.6 is 7.60 Å². The van der Waals surface area contributed by atoms with Crippen LogP contribution in [0, 0.1) is 0 Å². The highest BCUT2D eigenvalue weighted by Gasteiger charge is 2.39. The molecule has 11 heteroatoms. The van der Waals surface area contributed by atoms with Crippen molar-refractivity contribution in [2.75, 3.05) is 19.3 Å². The molecular formula is C29H39N2O8P. The van der Waals surface area contributed by atoms with Crippen LogP contribution in [0.1, 0.15) is 56.1 Å². The number of hydrogen-bond acceptors (Lipinski definition) is 6. The first-order chi connectivity index (χ1) is 19.2. The lowest BCUT2D eigenvalue weighted by atomic mass is 10.1. The fraction of sp³-hybridized carbons (Fsp3) is 0.483. The molecule has 1 aliphatic rings. The molecule has 1 saturated heterocycles. The maximum atomic E-state index is 13.3. The van der Waals surface area contributed by atoms with Crippen LogP contribution in [0.3, 0.4) is 0 Å². The van der Waals surface area contributed by atoms with Gasteiger partial charge in [0.25, 0.3) is 5.91 Å². The molecule has 1 aliphatic heterocycles. The summed E-state index contributed by atoms with van der Waals surface area (Å²) in [6.45, 7) is 0.693. The number of aliphatic carboxylic acids is 1. The van der Waals surface area contributed by atoms with Crippen LogP contribution in [0.15, 0.2) is 60.7 Å². The Hall–Kier alpha value is -3.20. The van der Waals surface area contributed by atoms with E-state index < -0.39 is 37.7 Å². The van der Waals surface area contributed by atoms with Crippen molar-refractivity contribution in [1.82, 2.24) is 10.2 Å². The summed E-state index contributed by atoms with van der Waals surface area (Å²) in [7, 11) is -4.10. The summed E-state index contributed by atoms with van der Waals surface area (Å²) in [6, 6.07) is 18.1. The third-order valence-corrected chi connectivity index (χ3v) is 8.23. The average molecular weight is 575 g/mol. The number of alkyl carbamates (subject to hydrolysis) is 1. The first-order valence-electron chi connectivity index (χ1n) is 13.8. The molecule has 10 nitrogen and oxygen atoms in total. The summed E-state index contributed by atoms with van der Waals surface area (Å²) in [5, 5.41) is 12.2. The van der Waals surface area contributed by atoms with Gasteiger partial charge in [0.05, 0.1) is 6.16 Å². The Balaban J connectivity index is 1.48. The molecule has 2 aromatic carbocycles. The quantitative estimate of drug-likeness (QED) is 0.193. The molecule has 1 heterocycles.